The van der Waals surface area contributed by atoms with Crippen LogP contribution in [0.25, 0.3) is 0 Å². The highest BCUT2D eigenvalue weighted by Crippen LogP contribution is 2.29. The van der Waals surface area contributed by atoms with Crippen molar-refractivity contribution in [2.75, 3.05) is 17.1 Å². The summed E-state index contributed by atoms with van der Waals surface area (Å²) < 4.78 is 33.5. The molecule has 3 aromatic carbocycles. The van der Waals surface area contributed by atoms with Crippen LogP contribution in [0.3, 0.4) is 0 Å². The molecule has 0 aliphatic rings. The first kappa shape index (κ1) is 20.4. The normalized spacial score (nSPS) is 11.0. The van der Waals surface area contributed by atoms with Gasteiger partial charge in [-0.3, -0.25) is 9.52 Å². The highest BCUT2D eigenvalue weighted by atomic mass is 32.2. The summed E-state index contributed by atoms with van der Waals surface area (Å²) in [6, 6.07) is 18.5. The van der Waals surface area contributed by atoms with E-state index in [-0.39, 0.29) is 16.5 Å². The Balaban J connectivity index is 1.91. The van der Waals surface area contributed by atoms with E-state index < -0.39 is 10.0 Å². The molecule has 0 saturated carbocycles. The second-order valence-electron chi connectivity index (χ2n) is 6.60. The van der Waals surface area contributed by atoms with Crippen LogP contribution in [0.1, 0.15) is 21.5 Å². The Morgan fingerprint density at radius 3 is 2.24 bits per heavy atom. The molecule has 0 atom stereocenters. The van der Waals surface area contributed by atoms with Gasteiger partial charge in [0.2, 0.25) is 0 Å². The Kier molecular flexibility index (Phi) is 5.89. The highest BCUT2D eigenvalue weighted by Gasteiger charge is 2.19. The predicted molar refractivity (Wildman–Crippen MR) is 114 cm³/mol. The Bertz CT molecular complexity index is 1140. The lowest BCUT2D eigenvalue weighted by molar-refractivity contribution is 0.102. The summed E-state index contributed by atoms with van der Waals surface area (Å²) in [4.78, 5) is 12.6. The number of sulfonamides is 1. The summed E-state index contributed by atoms with van der Waals surface area (Å²) >= 11 is 0. The fraction of sp³-hybridized carbons (Fsp3) is 0.136. The number of hydrogen-bond donors (Lipinski definition) is 2. The molecule has 0 aliphatic carbocycles. The molecule has 0 spiro atoms. The van der Waals surface area contributed by atoms with Gasteiger partial charge in [-0.1, -0.05) is 35.9 Å². The fourth-order valence-electron chi connectivity index (χ4n) is 2.74. The summed E-state index contributed by atoms with van der Waals surface area (Å²) in [6.07, 6.45) is 0. The molecule has 6 nitrogen and oxygen atoms in total. The van der Waals surface area contributed by atoms with E-state index in [1.54, 1.807) is 24.3 Å². The molecule has 7 heteroatoms. The number of methoxy groups -OCH3 is 1. The van der Waals surface area contributed by atoms with E-state index in [1.807, 2.05) is 38.1 Å². The van der Waals surface area contributed by atoms with Gasteiger partial charge in [-0.05, 0) is 55.8 Å². The first-order valence-electron chi connectivity index (χ1n) is 8.94. The van der Waals surface area contributed by atoms with Crippen molar-refractivity contribution < 1.29 is 17.9 Å². The molecule has 150 valence electrons. The van der Waals surface area contributed by atoms with Crippen molar-refractivity contribution >= 4 is 27.3 Å². The van der Waals surface area contributed by atoms with Crippen LogP contribution >= 0.6 is 0 Å². The number of nitrogens with one attached hydrogen (secondary N) is 2. The summed E-state index contributed by atoms with van der Waals surface area (Å²) in [5.74, 6) is 0.00464. The van der Waals surface area contributed by atoms with Gasteiger partial charge < -0.3 is 10.1 Å². The van der Waals surface area contributed by atoms with E-state index >= 15 is 0 Å². The van der Waals surface area contributed by atoms with Gasteiger partial charge >= 0.3 is 0 Å². The van der Waals surface area contributed by atoms with Gasteiger partial charge in [-0.2, -0.15) is 0 Å². The van der Waals surface area contributed by atoms with Crippen LogP contribution in [0.15, 0.2) is 71.6 Å². The van der Waals surface area contributed by atoms with E-state index in [0.29, 0.717) is 17.0 Å². The van der Waals surface area contributed by atoms with E-state index in [0.717, 1.165) is 11.1 Å². The van der Waals surface area contributed by atoms with Crippen molar-refractivity contribution in [3.63, 3.8) is 0 Å². The number of anilines is 2. The Hall–Kier alpha value is -3.32. The van der Waals surface area contributed by atoms with Crippen molar-refractivity contribution in [3.8, 4) is 5.75 Å². The summed E-state index contributed by atoms with van der Waals surface area (Å²) in [5.41, 5.74) is 3.07. The van der Waals surface area contributed by atoms with Crippen LogP contribution in [0, 0.1) is 13.8 Å². The average Bonchev–Trinajstić information content (AvgIpc) is 2.70. The van der Waals surface area contributed by atoms with E-state index in [4.69, 9.17) is 4.74 Å². The van der Waals surface area contributed by atoms with Gasteiger partial charge in [0, 0.05) is 5.56 Å². The zero-order chi connectivity index (χ0) is 21.0. The van der Waals surface area contributed by atoms with Crippen LogP contribution in [0.4, 0.5) is 11.4 Å². The quantitative estimate of drug-likeness (QED) is 0.632. The van der Waals surface area contributed by atoms with Crippen LogP contribution < -0.4 is 14.8 Å². The first-order valence-corrected chi connectivity index (χ1v) is 10.4. The highest BCUT2D eigenvalue weighted by molar-refractivity contribution is 7.92. The maximum absolute atomic E-state index is 12.8. The van der Waals surface area contributed by atoms with Crippen LogP contribution in [0.2, 0.25) is 0 Å². The number of aryl methyl sites for hydroxylation is 2. The zero-order valence-electron chi connectivity index (χ0n) is 16.4. The Morgan fingerprint density at radius 2 is 1.59 bits per heavy atom. The predicted octanol–water partition coefficient (Wildman–Crippen LogP) is 4.37. The van der Waals surface area contributed by atoms with Gasteiger partial charge in [0.15, 0.2) is 0 Å². The lowest BCUT2D eigenvalue weighted by atomic mass is 10.1. The summed E-state index contributed by atoms with van der Waals surface area (Å²) in [7, 11) is -2.39. The summed E-state index contributed by atoms with van der Waals surface area (Å²) in [6.45, 7) is 3.75. The number of benzene rings is 3. The Labute approximate surface area is 170 Å². The van der Waals surface area contributed by atoms with Crippen molar-refractivity contribution in [2.45, 2.75) is 18.7 Å². The summed E-state index contributed by atoms with van der Waals surface area (Å²) in [5, 5.41) is 2.73. The molecular formula is C22H22N2O4S. The van der Waals surface area contributed by atoms with Gasteiger partial charge in [0.05, 0.1) is 23.4 Å². The second kappa shape index (κ2) is 8.36. The molecule has 3 rings (SSSR count). The van der Waals surface area contributed by atoms with Gasteiger partial charge in [-0.15, -0.1) is 0 Å². The minimum absolute atomic E-state index is 0.0146. The molecule has 0 heterocycles. The van der Waals surface area contributed by atoms with Crippen molar-refractivity contribution in [1.29, 1.82) is 0 Å². The van der Waals surface area contributed by atoms with Crippen molar-refractivity contribution in [2.24, 2.45) is 0 Å². The molecule has 1 amide bonds. The van der Waals surface area contributed by atoms with Gasteiger partial charge in [0.25, 0.3) is 15.9 Å². The largest absolute Gasteiger partial charge is 0.495 e. The van der Waals surface area contributed by atoms with E-state index in [9.17, 15) is 13.2 Å². The molecule has 0 bridgehead atoms. The number of carbonyl (C=O) groups is 1. The molecule has 0 radical (unpaired) electrons. The lowest BCUT2D eigenvalue weighted by Gasteiger charge is -2.14. The van der Waals surface area contributed by atoms with Gasteiger partial charge in [-0.25, -0.2) is 8.42 Å². The van der Waals surface area contributed by atoms with Crippen molar-refractivity contribution in [1.82, 2.24) is 0 Å². The maximum Gasteiger partial charge on any atom is 0.261 e. The number of ether oxygens (including phenoxy) is 1. The molecule has 0 aliphatic heterocycles. The van der Waals surface area contributed by atoms with Gasteiger partial charge in [0.1, 0.15) is 5.75 Å². The first-order chi connectivity index (χ1) is 13.8. The average molecular weight is 410 g/mol. The molecular weight excluding hydrogens is 388 g/mol. The molecule has 29 heavy (non-hydrogen) atoms. The number of hydrogen-bond acceptors (Lipinski definition) is 4. The minimum Gasteiger partial charge on any atom is -0.495 e. The van der Waals surface area contributed by atoms with E-state index in [2.05, 4.69) is 10.0 Å². The third kappa shape index (κ3) is 4.75. The number of rotatable bonds is 6. The molecule has 3 aromatic rings. The maximum atomic E-state index is 12.8. The minimum atomic E-state index is -3.85. The molecule has 0 aromatic heterocycles. The van der Waals surface area contributed by atoms with Crippen LogP contribution in [-0.2, 0) is 10.0 Å². The smallest absolute Gasteiger partial charge is 0.261 e. The molecule has 0 saturated heterocycles. The van der Waals surface area contributed by atoms with Crippen molar-refractivity contribution in [3.05, 3.63) is 83.4 Å². The Morgan fingerprint density at radius 1 is 0.897 bits per heavy atom. The lowest BCUT2D eigenvalue weighted by Crippen LogP contribution is -2.16. The SMILES string of the molecule is COc1ccc(S(=O)(=O)Nc2ccccc2C)cc1NC(=O)c1ccc(C)cc1. The number of para-hydroxylation sites is 1. The molecule has 2 N–H and O–H groups in total. The third-order valence-corrected chi connectivity index (χ3v) is 5.80. The monoisotopic (exact) mass is 410 g/mol. The van der Waals surface area contributed by atoms with E-state index in [1.165, 1.54) is 25.3 Å². The number of amides is 1. The third-order valence-electron chi connectivity index (χ3n) is 4.43. The standard InChI is InChI=1S/C22H22N2O4S/c1-15-8-10-17(11-9-15)22(25)23-20-14-18(12-13-21(20)28-3)29(26,27)24-19-7-5-4-6-16(19)2/h4-14,24H,1-3H3,(H,23,25). The number of carbonyl (C=O) groups excluding carboxylic acids is 1. The fourth-order valence-corrected chi connectivity index (χ4v) is 3.90. The topological polar surface area (TPSA) is 84.5 Å². The zero-order valence-corrected chi connectivity index (χ0v) is 17.2. The van der Waals surface area contributed by atoms with Crippen LogP contribution in [0.5, 0.6) is 5.75 Å². The van der Waals surface area contributed by atoms with Crippen LogP contribution in [-0.4, -0.2) is 21.4 Å². The second-order valence-corrected chi connectivity index (χ2v) is 8.29. The molecule has 0 fully saturated rings. The molecule has 0 unspecified atom stereocenters.